The third-order valence-electron chi connectivity index (χ3n) is 2.95. The van der Waals surface area contributed by atoms with Gasteiger partial charge in [-0.05, 0) is 17.5 Å². The number of aliphatic hydroxyl groups is 1. The molecule has 3 nitrogen and oxygen atoms in total. The van der Waals surface area contributed by atoms with E-state index in [1.807, 2.05) is 0 Å². The summed E-state index contributed by atoms with van der Waals surface area (Å²) in [6.45, 7) is 2.99. The van der Waals surface area contributed by atoms with Gasteiger partial charge < -0.3 is 10.8 Å². The van der Waals surface area contributed by atoms with E-state index in [0.717, 1.165) is 19.5 Å². The maximum absolute atomic E-state index is 9.49. The minimum absolute atomic E-state index is 0. The molecule has 0 radical (unpaired) electrons. The molecule has 4 heteroatoms. The molecular formula is C12H19ClN2O. The van der Waals surface area contributed by atoms with Gasteiger partial charge in [0.15, 0.2) is 0 Å². The summed E-state index contributed by atoms with van der Waals surface area (Å²) >= 11 is 0. The largest absolute Gasteiger partial charge is 0.390 e. The molecule has 0 aromatic heterocycles. The number of halogens is 1. The Kier molecular flexibility index (Phi) is 5.22. The molecule has 0 spiro atoms. The molecule has 1 aromatic rings. The van der Waals surface area contributed by atoms with Gasteiger partial charge in [-0.15, -0.1) is 12.4 Å². The first kappa shape index (κ1) is 13.5. The quantitative estimate of drug-likeness (QED) is 0.824. The normalized spacial score (nSPS) is 17.4. The van der Waals surface area contributed by atoms with Gasteiger partial charge in [-0.2, -0.15) is 0 Å². The number of β-amino-alcohol motifs (C(OH)–C–C–N with tert-alkyl or cyclic N) is 1. The van der Waals surface area contributed by atoms with Crippen molar-refractivity contribution in [1.82, 2.24) is 4.90 Å². The predicted octanol–water partition coefficient (Wildman–Crippen LogP) is 0.786. The summed E-state index contributed by atoms with van der Waals surface area (Å²) in [6.07, 6.45) is 0.684. The molecule has 90 valence electrons. The number of rotatable bonds is 3. The zero-order valence-corrected chi connectivity index (χ0v) is 10.1. The number of nitrogens with two attached hydrogens (primary N) is 1. The Labute approximate surface area is 103 Å². The van der Waals surface area contributed by atoms with Crippen LogP contribution in [0.25, 0.3) is 0 Å². The van der Waals surface area contributed by atoms with Crippen molar-refractivity contribution in [2.45, 2.75) is 19.1 Å². The zero-order valence-electron chi connectivity index (χ0n) is 9.30. The fourth-order valence-corrected chi connectivity index (χ4v) is 2.08. The standard InChI is InChI=1S/C12H18N2O.ClH/c13-7-12(15)9-14-6-5-10-3-1-2-4-11(10)8-14;/h1-4,12,15H,5-9,13H2;1H. The van der Waals surface area contributed by atoms with Crippen molar-refractivity contribution in [1.29, 1.82) is 0 Å². The molecule has 1 atom stereocenters. The third kappa shape index (κ3) is 3.19. The van der Waals surface area contributed by atoms with Crippen molar-refractivity contribution < 1.29 is 5.11 Å². The molecule has 1 heterocycles. The number of nitrogens with zero attached hydrogens (tertiary/aromatic N) is 1. The van der Waals surface area contributed by atoms with Crippen molar-refractivity contribution >= 4 is 12.4 Å². The third-order valence-corrected chi connectivity index (χ3v) is 2.95. The van der Waals surface area contributed by atoms with Crippen LogP contribution < -0.4 is 5.73 Å². The van der Waals surface area contributed by atoms with E-state index >= 15 is 0 Å². The molecule has 0 amide bonds. The first-order valence-corrected chi connectivity index (χ1v) is 5.47. The van der Waals surface area contributed by atoms with Gasteiger partial charge in [-0.1, -0.05) is 24.3 Å². The van der Waals surface area contributed by atoms with Crippen LogP contribution in [0.5, 0.6) is 0 Å². The van der Waals surface area contributed by atoms with Gasteiger partial charge in [-0.25, -0.2) is 0 Å². The molecule has 0 saturated carbocycles. The minimum atomic E-state index is -0.393. The lowest BCUT2D eigenvalue weighted by atomic mass is 10.00. The smallest absolute Gasteiger partial charge is 0.0789 e. The molecule has 0 bridgehead atoms. The Hall–Kier alpha value is -0.610. The Morgan fingerprint density at radius 1 is 1.31 bits per heavy atom. The van der Waals surface area contributed by atoms with E-state index in [-0.39, 0.29) is 12.4 Å². The van der Waals surface area contributed by atoms with Crippen LogP contribution in [0.15, 0.2) is 24.3 Å². The highest BCUT2D eigenvalue weighted by atomic mass is 35.5. The van der Waals surface area contributed by atoms with E-state index in [0.29, 0.717) is 13.1 Å². The average Bonchev–Trinajstić information content (AvgIpc) is 2.29. The summed E-state index contributed by atoms with van der Waals surface area (Å²) in [5.41, 5.74) is 8.23. The molecule has 3 N–H and O–H groups in total. The second kappa shape index (κ2) is 6.21. The maximum Gasteiger partial charge on any atom is 0.0789 e. The highest BCUT2D eigenvalue weighted by Gasteiger charge is 2.17. The Morgan fingerprint density at radius 3 is 2.69 bits per heavy atom. The second-order valence-corrected chi connectivity index (χ2v) is 4.14. The summed E-state index contributed by atoms with van der Waals surface area (Å²) in [4.78, 5) is 2.26. The molecule has 0 aliphatic carbocycles. The van der Waals surface area contributed by atoms with Crippen LogP contribution in [0.4, 0.5) is 0 Å². The molecular weight excluding hydrogens is 224 g/mol. The topological polar surface area (TPSA) is 49.5 Å². The summed E-state index contributed by atoms with van der Waals surface area (Å²) in [5, 5.41) is 9.49. The Morgan fingerprint density at radius 2 is 2.00 bits per heavy atom. The molecule has 1 aliphatic rings. The van der Waals surface area contributed by atoms with Gasteiger partial charge in [0, 0.05) is 26.2 Å². The molecule has 2 rings (SSSR count). The van der Waals surface area contributed by atoms with Gasteiger partial charge in [0.2, 0.25) is 0 Å². The van der Waals surface area contributed by atoms with Gasteiger partial charge in [0.1, 0.15) is 0 Å². The van der Waals surface area contributed by atoms with Crippen LogP contribution in [-0.4, -0.2) is 35.7 Å². The monoisotopic (exact) mass is 242 g/mol. The first-order chi connectivity index (χ1) is 7.29. The lowest BCUT2D eigenvalue weighted by Gasteiger charge is -2.29. The van der Waals surface area contributed by atoms with Crippen LogP contribution in [0.1, 0.15) is 11.1 Å². The average molecular weight is 243 g/mol. The van der Waals surface area contributed by atoms with E-state index in [1.54, 1.807) is 0 Å². The Balaban J connectivity index is 0.00000128. The van der Waals surface area contributed by atoms with E-state index < -0.39 is 6.10 Å². The van der Waals surface area contributed by atoms with Crippen LogP contribution in [0, 0.1) is 0 Å². The molecule has 0 saturated heterocycles. The first-order valence-electron chi connectivity index (χ1n) is 5.47. The van der Waals surface area contributed by atoms with E-state index in [4.69, 9.17) is 5.73 Å². The van der Waals surface area contributed by atoms with Crippen molar-refractivity contribution in [3.05, 3.63) is 35.4 Å². The van der Waals surface area contributed by atoms with Crippen molar-refractivity contribution in [2.75, 3.05) is 19.6 Å². The lowest BCUT2D eigenvalue weighted by Crippen LogP contribution is -2.39. The fourth-order valence-electron chi connectivity index (χ4n) is 2.08. The summed E-state index contributed by atoms with van der Waals surface area (Å²) < 4.78 is 0. The van der Waals surface area contributed by atoms with E-state index in [1.165, 1.54) is 11.1 Å². The molecule has 1 aromatic carbocycles. The highest BCUT2D eigenvalue weighted by Crippen LogP contribution is 2.18. The summed E-state index contributed by atoms with van der Waals surface area (Å²) in [7, 11) is 0. The van der Waals surface area contributed by atoms with Crippen LogP contribution >= 0.6 is 12.4 Å². The maximum atomic E-state index is 9.49. The number of hydrogen-bond acceptors (Lipinski definition) is 3. The van der Waals surface area contributed by atoms with Crippen LogP contribution in [-0.2, 0) is 13.0 Å². The van der Waals surface area contributed by atoms with E-state index in [9.17, 15) is 5.11 Å². The van der Waals surface area contributed by atoms with Gasteiger partial charge in [0.25, 0.3) is 0 Å². The van der Waals surface area contributed by atoms with Crippen molar-refractivity contribution in [3.8, 4) is 0 Å². The highest BCUT2D eigenvalue weighted by molar-refractivity contribution is 5.85. The van der Waals surface area contributed by atoms with Crippen molar-refractivity contribution in [3.63, 3.8) is 0 Å². The molecule has 1 aliphatic heterocycles. The molecule has 0 fully saturated rings. The fraction of sp³-hybridized carbons (Fsp3) is 0.500. The number of hydrogen-bond donors (Lipinski definition) is 2. The van der Waals surface area contributed by atoms with Gasteiger partial charge >= 0.3 is 0 Å². The zero-order chi connectivity index (χ0) is 10.7. The SMILES string of the molecule is Cl.NCC(O)CN1CCc2ccccc2C1. The summed E-state index contributed by atoms with van der Waals surface area (Å²) in [5.74, 6) is 0. The predicted molar refractivity (Wildman–Crippen MR) is 67.7 cm³/mol. The lowest BCUT2D eigenvalue weighted by molar-refractivity contribution is 0.111. The van der Waals surface area contributed by atoms with Crippen LogP contribution in [0.2, 0.25) is 0 Å². The van der Waals surface area contributed by atoms with Crippen molar-refractivity contribution in [2.24, 2.45) is 5.73 Å². The van der Waals surface area contributed by atoms with Gasteiger partial charge in [-0.3, -0.25) is 4.90 Å². The minimum Gasteiger partial charge on any atom is -0.390 e. The molecule has 16 heavy (non-hydrogen) atoms. The van der Waals surface area contributed by atoms with Gasteiger partial charge in [0.05, 0.1) is 6.10 Å². The summed E-state index contributed by atoms with van der Waals surface area (Å²) in [6, 6.07) is 8.51. The van der Waals surface area contributed by atoms with Crippen LogP contribution in [0.3, 0.4) is 0 Å². The second-order valence-electron chi connectivity index (χ2n) is 4.14. The Bertz CT molecular complexity index is 333. The number of aliphatic hydroxyl groups excluding tert-OH is 1. The van der Waals surface area contributed by atoms with E-state index in [2.05, 4.69) is 29.2 Å². The molecule has 1 unspecified atom stereocenters. The number of fused-ring (bicyclic) bond motifs is 1. The number of benzene rings is 1.